The summed E-state index contributed by atoms with van der Waals surface area (Å²) in [7, 11) is 0. The number of benzene rings is 3. The quantitative estimate of drug-likeness (QED) is 0.458. The molecule has 151 valence electrons. The Morgan fingerprint density at radius 2 is 1.19 bits per heavy atom. The summed E-state index contributed by atoms with van der Waals surface area (Å²) >= 11 is 0. The molecule has 5 radical (unpaired) electrons. The Bertz CT molecular complexity index is 1130. The maximum atomic E-state index is 12.8. The second-order valence-corrected chi connectivity index (χ2v) is 8.28. The van der Waals surface area contributed by atoms with E-state index in [-0.39, 0.29) is 4.92 Å². The monoisotopic (exact) mass is 406 g/mol. The van der Waals surface area contributed by atoms with Gasteiger partial charge in [-0.25, -0.2) is 0 Å². The molecular weight excluding hydrogens is 386 g/mol. The zero-order valence-corrected chi connectivity index (χ0v) is 16.7. The summed E-state index contributed by atoms with van der Waals surface area (Å²) in [5.41, 5.74) is 1.54. The van der Waals surface area contributed by atoms with E-state index in [0.29, 0.717) is 0 Å². The number of fused-ring (bicyclic) bond motifs is 5. The molecule has 0 amide bonds. The van der Waals surface area contributed by atoms with E-state index >= 15 is 0 Å². The van der Waals surface area contributed by atoms with Gasteiger partial charge in [0, 0.05) is 10.5 Å². The van der Waals surface area contributed by atoms with Crippen LogP contribution in [0.3, 0.4) is 0 Å². The predicted molar refractivity (Wildman–Crippen MR) is 117 cm³/mol. The third kappa shape index (κ3) is 2.34. The van der Waals surface area contributed by atoms with Gasteiger partial charge in [0.05, 0.1) is 5.92 Å². The second-order valence-electron chi connectivity index (χ2n) is 8.28. The molecule has 4 nitrogen and oxygen atoms in total. The van der Waals surface area contributed by atoms with E-state index in [4.69, 9.17) is 4.74 Å². The van der Waals surface area contributed by atoms with Gasteiger partial charge in [-0.3, -0.25) is 10.1 Å². The molecule has 2 aliphatic heterocycles. The maximum Gasteiger partial charge on any atom is 0.256 e. The lowest BCUT2D eigenvalue weighted by Gasteiger charge is -2.39. The number of hydrogen-bond acceptors (Lipinski definition) is 3. The predicted octanol–water partition coefficient (Wildman–Crippen LogP) is 4.88. The third-order valence-electron chi connectivity index (χ3n) is 6.90. The Kier molecular flexibility index (Phi) is 4.09. The SMILES string of the molecule is O=[N+]([O-])[C@@H]1[C@@H]([C]2[CH][CH][CH][CH]2)[C@]2(c3ccccc3)O[C@@]1(c1ccccc1)c1ccccc12. The lowest BCUT2D eigenvalue weighted by Crippen LogP contribution is -2.50. The molecule has 1 aliphatic carbocycles. The average Bonchev–Trinajstić information content (AvgIpc) is 3.52. The first-order valence-corrected chi connectivity index (χ1v) is 10.5. The number of nitrogens with zero attached hydrogens (tertiary/aromatic N) is 1. The highest BCUT2D eigenvalue weighted by atomic mass is 16.6. The van der Waals surface area contributed by atoms with Gasteiger partial charge in [0.2, 0.25) is 0 Å². The Labute approximate surface area is 182 Å². The fraction of sp³-hybridized carbons (Fsp3) is 0.148. The molecule has 3 aromatic rings. The van der Waals surface area contributed by atoms with E-state index in [1.54, 1.807) is 0 Å². The van der Waals surface area contributed by atoms with E-state index in [1.165, 1.54) is 0 Å². The minimum Gasteiger partial charge on any atom is -0.342 e. The van der Waals surface area contributed by atoms with Crippen molar-refractivity contribution in [1.29, 1.82) is 0 Å². The largest absolute Gasteiger partial charge is 0.342 e. The Balaban J connectivity index is 1.71. The van der Waals surface area contributed by atoms with Gasteiger partial charge in [0.25, 0.3) is 6.04 Å². The fourth-order valence-corrected chi connectivity index (χ4v) is 5.84. The van der Waals surface area contributed by atoms with Crippen molar-refractivity contribution in [2.75, 3.05) is 0 Å². The van der Waals surface area contributed by atoms with Crippen LogP contribution in [0.1, 0.15) is 22.3 Å². The summed E-state index contributed by atoms with van der Waals surface area (Å²) in [5.74, 6) is 0.466. The normalized spacial score (nSPS) is 31.6. The summed E-state index contributed by atoms with van der Waals surface area (Å²) in [6, 6.07) is 26.7. The smallest absolute Gasteiger partial charge is 0.256 e. The van der Waals surface area contributed by atoms with E-state index in [1.807, 2.05) is 105 Å². The van der Waals surface area contributed by atoms with Crippen LogP contribution in [0.5, 0.6) is 0 Å². The zero-order valence-electron chi connectivity index (χ0n) is 16.7. The molecule has 4 heteroatoms. The fourth-order valence-electron chi connectivity index (χ4n) is 5.84. The lowest BCUT2D eigenvalue weighted by atomic mass is 9.59. The van der Waals surface area contributed by atoms with Gasteiger partial charge in [-0.1, -0.05) is 84.9 Å². The van der Waals surface area contributed by atoms with Crippen molar-refractivity contribution in [3.05, 3.63) is 149 Å². The maximum absolute atomic E-state index is 12.8. The van der Waals surface area contributed by atoms with Crippen molar-refractivity contribution in [2.45, 2.75) is 17.2 Å². The molecule has 0 spiro atoms. The van der Waals surface area contributed by atoms with Crippen molar-refractivity contribution < 1.29 is 9.66 Å². The van der Waals surface area contributed by atoms with Crippen LogP contribution in [0.4, 0.5) is 0 Å². The number of hydrogen-bond donors (Lipinski definition) is 0. The van der Waals surface area contributed by atoms with Crippen molar-refractivity contribution in [2.24, 2.45) is 5.92 Å². The molecular formula is C27H20NO3. The molecule has 2 heterocycles. The number of rotatable bonds is 4. The van der Waals surface area contributed by atoms with Gasteiger partial charge in [-0.15, -0.1) is 0 Å². The van der Waals surface area contributed by atoms with Crippen molar-refractivity contribution in [1.82, 2.24) is 0 Å². The van der Waals surface area contributed by atoms with E-state index in [9.17, 15) is 10.1 Å². The van der Waals surface area contributed by atoms with E-state index in [0.717, 1.165) is 28.2 Å². The van der Waals surface area contributed by atoms with Crippen LogP contribution >= 0.6 is 0 Å². The topological polar surface area (TPSA) is 52.4 Å². The van der Waals surface area contributed by atoms with Crippen LogP contribution in [0.15, 0.2) is 84.9 Å². The highest BCUT2D eigenvalue weighted by molar-refractivity contribution is 5.61. The minimum atomic E-state index is -1.17. The summed E-state index contributed by atoms with van der Waals surface area (Å²) in [6.07, 6.45) is 7.85. The summed E-state index contributed by atoms with van der Waals surface area (Å²) in [4.78, 5) is 12.7. The first-order valence-electron chi connectivity index (χ1n) is 10.5. The Hall–Kier alpha value is -2.98. The first-order chi connectivity index (χ1) is 15.2. The third-order valence-corrected chi connectivity index (χ3v) is 6.90. The van der Waals surface area contributed by atoms with Crippen molar-refractivity contribution in [3.63, 3.8) is 0 Å². The van der Waals surface area contributed by atoms with Crippen LogP contribution in [0.25, 0.3) is 0 Å². The van der Waals surface area contributed by atoms with Crippen molar-refractivity contribution >= 4 is 0 Å². The number of ether oxygens (including phenoxy) is 1. The van der Waals surface area contributed by atoms with Gasteiger partial charge in [-0.05, 0) is 48.3 Å². The molecule has 1 saturated carbocycles. The summed E-state index contributed by atoms with van der Waals surface area (Å²) < 4.78 is 7.06. The average molecular weight is 406 g/mol. The number of nitro groups is 1. The molecule has 3 aliphatic rings. The molecule has 6 rings (SSSR count). The zero-order chi connectivity index (χ0) is 21.1. The molecule has 3 aromatic carbocycles. The molecule has 0 aromatic heterocycles. The standard InChI is InChI=1S/C27H20NO3/c29-28(30)25-24(19-11-7-8-12-19)26(20-13-3-1-4-14-20)22-17-9-10-18-23(22)27(25,31-26)21-15-5-2-6-16-21/h1-18,24-25H/t24-,25-,26-,27+/m1/s1. The Morgan fingerprint density at radius 1 is 0.710 bits per heavy atom. The Morgan fingerprint density at radius 3 is 1.74 bits per heavy atom. The van der Waals surface area contributed by atoms with Gasteiger partial charge in [-0.2, -0.15) is 0 Å². The van der Waals surface area contributed by atoms with Crippen LogP contribution < -0.4 is 0 Å². The van der Waals surface area contributed by atoms with Gasteiger partial charge in [0.1, 0.15) is 5.60 Å². The molecule has 0 unspecified atom stereocenters. The molecule has 1 saturated heterocycles. The first kappa shape index (κ1) is 18.8. The van der Waals surface area contributed by atoms with Gasteiger partial charge < -0.3 is 4.74 Å². The van der Waals surface area contributed by atoms with Gasteiger partial charge in [0.15, 0.2) is 5.60 Å². The summed E-state index contributed by atoms with van der Waals surface area (Å²) in [5, 5.41) is 12.8. The molecule has 0 N–H and O–H groups in total. The molecule has 31 heavy (non-hydrogen) atoms. The van der Waals surface area contributed by atoms with Gasteiger partial charge >= 0.3 is 0 Å². The van der Waals surface area contributed by atoms with Crippen molar-refractivity contribution in [3.8, 4) is 0 Å². The highest BCUT2D eigenvalue weighted by Gasteiger charge is 2.77. The molecule has 2 fully saturated rings. The lowest BCUT2D eigenvalue weighted by molar-refractivity contribution is -0.542. The molecule has 4 atom stereocenters. The van der Waals surface area contributed by atoms with E-state index in [2.05, 4.69) is 6.07 Å². The van der Waals surface area contributed by atoms with Crippen LogP contribution in [0.2, 0.25) is 0 Å². The molecule has 2 bridgehead atoms. The highest BCUT2D eigenvalue weighted by Crippen LogP contribution is 2.69. The van der Waals surface area contributed by atoms with Crippen LogP contribution in [0, 0.1) is 47.6 Å². The van der Waals surface area contributed by atoms with E-state index < -0.39 is 23.2 Å². The second kappa shape index (κ2) is 6.76. The summed E-state index contributed by atoms with van der Waals surface area (Å²) in [6.45, 7) is 0. The minimum absolute atomic E-state index is 0.134. The van der Waals surface area contributed by atoms with Crippen LogP contribution in [-0.2, 0) is 15.9 Å². The van der Waals surface area contributed by atoms with Crippen LogP contribution in [-0.4, -0.2) is 11.0 Å².